The van der Waals surface area contributed by atoms with Crippen molar-refractivity contribution < 1.29 is 14.6 Å². The molecule has 0 aliphatic carbocycles. The number of likely N-dealkylation sites (tertiary alicyclic amines) is 1. The summed E-state index contributed by atoms with van der Waals surface area (Å²) in [6.45, 7) is 4.71. The fourth-order valence-electron chi connectivity index (χ4n) is 6.16. The minimum Gasteiger partial charge on any atom is -0.497 e. The maximum atomic E-state index is 12.1. The van der Waals surface area contributed by atoms with Crippen molar-refractivity contribution in [1.29, 1.82) is 0 Å². The number of nitrogens with zero attached hydrogens (tertiary/aromatic N) is 3. The number of benzene rings is 2. The first kappa shape index (κ1) is 23.2. The van der Waals surface area contributed by atoms with Crippen LogP contribution in [0.25, 0.3) is 10.9 Å². The Morgan fingerprint density at radius 2 is 1.97 bits per heavy atom. The predicted molar refractivity (Wildman–Crippen MR) is 134 cm³/mol. The Balaban J connectivity index is 1.66. The van der Waals surface area contributed by atoms with Gasteiger partial charge in [0.1, 0.15) is 5.75 Å². The van der Waals surface area contributed by atoms with Gasteiger partial charge in [0.25, 0.3) is 0 Å². The van der Waals surface area contributed by atoms with Gasteiger partial charge in [-0.1, -0.05) is 23.7 Å². The predicted octanol–water partition coefficient (Wildman–Crippen LogP) is 4.27. The summed E-state index contributed by atoms with van der Waals surface area (Å²) in [5.74, 6) is 0.958. The lowest BCUT2D eigenvalue weighted by Crippen LogP contribution is -2.54. The Bertz CT molecular complexity index is 1230. The maximum absolute atomic E-state index is 12.1. The summed E-state index contributed by atoms with van der Waals surface area (Å²) in [6, 6.07) is 14.1. The third-order valence-electron chi connectivity index (χ3n) is 7.86. The minimum atomic E-state index is -0.131. The van der Waals surface area contributed by atoms with Gasteiger partial charge in [-0.05, 0) is 48.2 Å². The van der Waals surface area contributed by atoms with Crippen LogP contribution in [0.4, 0.5) is 0 Å². The van der Waals surface area contributed by atoms with Crippen molar-refractivity contribution in [3.05, 3.63) is 64.3 Å². The van der Waals surface area contributed by atoms with Gasteiger partial charge in [0.2, 0.25) is 5.91 Å². The number of aryl methyl sites for hydroxylation is 1. The zero-order valence-electron chi connectivity index (χ0n) is 20.1. The van der Waals surface area contributed by atoms with E-state index >= 15 is 0 Å². The molecule has 2 aromatic carbocycles. The number of carbonyl (C=O) groups excluding carboxylic acids is 1. The topological polar surface area (TPSA) is 57.9 Å². The van der Waals surface area contributed by atoms with Gasteiger partial charge in [-0.2, -0.15) is 0 Å². The van der Waals surface area contributed by atoms with E-state index in [0.717, 1.165) is 60.0 Å². The van der Waals surface area contributed by atoms with Crippen LogP contribution in [0.1, 0.15) is 42.6 Å². The number of hydrogen-bond acceptors (Lipinski definition) is 4. The first-order valence-corrected chi connectivity index (χ1v) is 12.3. The number of methoxy groups -OCH3 is 1. The SMILES string of the molecule is COc1ccc2c3c(n(C)c2c1)[C@@H](CO)N(Cc1cccc(Cl)c1)CC31CCN(C(C)=O)CC1. The standard InChI is InChI=1S/C27H32ClN3O3/c1-18(33)30-11-9-27(10-12-30)17-31(15-19-5-4-6-20(28)13-19)24(16-32)26-25(27)22-8-7-21(34-3)14-23(22)29(26)2/h4-8,13-14,24,32H,9-12,15-17H2,1-3H3/t24-/m1/s1. The fourth-order valence-corrected chi connectivity index (χ4v) is 6.37. The van der Waals surface area contributed by atoms with Gasteiger partial charge in [-0.3, -0.25) is 9.69 Å². The van der Waals surface area contributed by atoms with Crippen molar-refractivity contribution in [3.8, 4) is 5.75 Å². The van der Waals surface area contributed by atoms with Crippen molar-refractivity contribution in [2.24, 2.45) is 7.05 Å². The lowest BCUT2D eigenvalue weighted by atomic mass is 9.68. The summed E-state index contributed by atoms with van der Waals surface area (Å²) < 4.78 is 7.75. The van der Waals surface area contributed by atoms with E-state index in [9.17, 15) is 9.90 Å². The van der Waals surface area contributed by atoms with E-state index in [2.05, 4.69) is 34.7 Å². The second-order valence-corrected chi connectivity index (χ2v) is 10.2. The number of aromatic nitrogens is 1. The van der Waals surface area contributed by atoms with Gasteiger partial charge in [0.05, 0.1) is 25.3 Å². The molecule has 0 saturated carbocycles. The first-order valence-electron chi connectivity index (χ1n) is 11.9. The first-order chi connectivity index (χ1) is 16.4. The second kappa shape index (κ2) is 8.91. The molecule has 3 aromatic rings. The summed E-state index contributed by atoms with van der Waals surface area (Å²) in [7, 11) is 3.77. The van der Waals surface area contributed by atoms with Crippen molar-refractivity contribution in [3.63, 3.8) is 0 Å². The zero-order chi connectivity index (χ0) is 24.0. The fraction of sp³-hybridized carbons (Fsp3) is 0.444. The van der Waals surface area contributed by atoms with Gasteiger partial charge in [-0.15, -0.1) is 0 Å². The van der Waals surface area contributed by atoms with Gasteiger partial charge in [-0.25, -0.2) is 0 Å². The molecule has 6 nitrogen and oxygen atoms in total. The number of fused-ring (bicyclic) bond motifs is 4. The van der Waals surface area contributed by atoms with Gasteiger partial charge in [0, 0.05) is 67.7 Å². The average molecular weight is 482 g/mol. The normalized spacial score (nSPS) is 20.0. The molecule has 1 N–H and O–H groups in total. The monoisotopic (exact) mass is 481 g/mol. The van der Waals surface area contributed by atoms with Crippen LogP contribution >= 0.6 is 11.6 Å². The summed E-state index contributed by atoms with van der Waals surface area (Å²) in [5.41, 5.74) is 4.64. The molecule has 7 heteroatoms. The Labute approximate surface area is 205 Å². The molecule has 1 spiro atoms. The summed E-state index contributed by atoms with van der Waals surface area (Å²) in [6.07, 6.45) is 1.80. The molecule has 1 atom stereocenters. The molecule has 2 aliphatic rings. The lowest BCUT2D eigenvalue weighted by molar-refractivity contribution is -0.130. The number of amides is 1. The quantitative estimate of drug-likeness (QED) is 0.604. The number of ether oxygens (including phenoxy) is 1. The van der Waals surface area contributed by atoms with Crippen molar-refractivity contribution in [2.75, 3.05) is 33.4 Å². The average Bonchev–Trinajstić information content (AvgIpc) is 3.12. The maximum Gasteiger partial charge on any atom is 0.219 e. The highest BCUT2D eigenvalue weighted by molar-refractivity contribution is 6.30. The third kappa shape index (κ3) is 3.78. The van der Waals surface area contributed by atoms with Crippen LogP contribution in [0, 0.1) is 0 Å². The van der Waals surface area contributed by atoms with E-state index in [1.165, 1.54) is 10.9 Å². The molecule has 0 unspecified atom stereocenters. The molecule has 0 bridgehead atoms. The number of aliphatic hydroxyl groups is 1. The lowest BCUT2D eigenvalue weighted by Gasteiger charge is -2.50. The number of piperidine rings is 1. The van der Waals surface area contributed by atoms with E-state index in [1.54, 1.807) is 14.0 Å². The highest BCUT2D eigenvalue weighted by Gasteiger charge is 2.48. The molecule has 1 aromatic heterocycles. The highest BCUT2D eigenvalue weighted by Crippen LogP contribution is 2.50. The van der Waals surface area contributed by atoms with Crippen LogP contribution in [-0.2, 0) is 23.8 Å². The van der Waals surface area contributed by atoms with Gasteiger partial charge < -0.3 is 19.3 Å². The van der Waals surface area contributed by atoms with Crippen molar-refractivity contribution in [1.82, 2.24) is 14.4 Å². The molecule has 2 aliphatic heterocycles. The molecular formula is C27H32ClN3O3. The number of aliphatic hydroxyl groups excluding tert-OH is 1. The molecule has 34 heavy (non-hydrogen) atoms. The van der Waals surface area contributed by atoms with E-state index in [0.29, 0.717) is 6.54 Å². The van der Waals surface area contributed by atoms with Crippen LogP contribution in [0.5, 0.6) is 5.75 Å². The van der Waals surface area contributed by atoms with Crippen molar-refractivity contribution in [2.45, 2.75) is 37.8 Å². The van der Waals surface area contributed by atoms with Crippen LogP contribution in [0.3, 0.4) is 0 Å². The van der Waals surface area contributed by atoms with Crippen LogP contribution in [0.2, 0.25) is 5.02 Å². The zero-order valence-corrected chi connectivity index (χ0v) is 20.8. The van der Waals surface area contributed by atoms with Crippen LogP contribution in [0.15, 0.2) is 42.5 Å². The van der Waals surface area contributed by atoms with Crippen LogP contribution in [-0.4, -0.2) is 58.7 Å². The number of halogens is 1. The summed E-state index contributed by atoms with van der Waals surface area (Å²) >= 11 is 6.29. The molecule has 1 saturated heterocycles. The smallest absolute Gasteiger partial charge is 0.219 e. The van der Waals surface area contributed by atoms with Gasteiger partial charge in [0.15, 0.2) is 0 Å². The molecular weight excluding hydrogens is 450 g/mol. The number of carbonyl (C=O) groups is 1. The Kier molecular flexibility index (Phi) is 6.09. The number of hydrogen-bond donors (Lipinski definition) is 1. The highest BCUT2D eigenvalue weighted by atomic mass is 35.5. The number of rotatable bonds is 4. The molecule has 3 heterocycles. The van der Waals surface area contributed by atoms with Crippen LogP contribution < -0.4 is 4.74 Å². The summed E-state index contributed by atoms with van der Waals surface area (Å²) in [4.78, 5) is 16.4. The Hall–Kier alpha value is -2.54. The molecule has 180 valence electrons. The second-order valence-electron chi connectivity index (χ2n) is 9.72. The Morgan fingerprint density at radius 3 is 2.62 bits per heavy atom. The van der Waals surface area contributed by atoms with E-state index < -0.39 is 0 Å². The molecule has 1 amide bonds. The molecule has 0 radical (unpaired) electrons. The minimum absolute atomic E-state index is 0.0323. The third-order valence-corrected chi connectivity index (χ3v) is 8.09. The van der Waals surface area contributed by atoms with Crippen molar-refractivity contribution >= 4 is 28.4 Å². The molecule has 1 fully saturated rings. The van der Waals surface area contributed by atoms with E-state index in [1.807, 2.05) is 29.2 Å². The summed E-state index contributed by atoms with van der Waals surface area (Å²) in [5, 5.41) is 12.6. The van der Waals surface area contributed by atoms with E-state index in [4.69, 9.17) is 16.3 Å². The van der Waals surface area contributed by atoms with E-state index in [-0.39, 0.29) is 24.0 Å². The molecule has 5 rings (SSSR count). The van der Waals surface area contributed by atoms with Gasteiger partial charge >= 0.3 is 0 Å². The Morgan fingerprint density at radius 1 is 1.21 bits per heavy atom. The largest absolute Gasteiger partial charge is 0.497 e.